The molecule has 6 heteroatoms. The lowest BCUT2D eigenvalue weighted by Crippen LogP contribution is -2.16. The summed E-state index contributed by atoms with van der Waals surface area (Å²) in [4.78, 5) is 15.4. The first kappa shape index (κ1) is 15.0. The maximum atomic E-state index is 12.8. The van der Waals surface area contributed by atoms with E-state index in [2.05, 4.69) is 9.58 Å². The third kappa shape index (κ3) is 2.14. The number of sulfone groups is 1. The molecule has 0 radical (unpaired) electrons. The maximum Gasteiger partial charge on any atom is 0.336 e. The van der Waals surface area contributed by atoms with E-state index < -0.39 is 15.8 Å². The van der Waals surface area contributed by atoms with E-state index in [4.69, 9.17) is 6.57 Å². The second kappa shape index (κ2) is 5.38. The Labute approximate surface area is 133 Å². The van der Waals surface area contributed by atoms with E-state index in [1.54, 1.807) is 36.4 Å². The first-order valence-electron chi connectivity index (χ1n) is 6.66. The molecule has 0 saturated carbocycles. The molecule has 1 heterocycles. The number of hydrogen-bond acceptors (Lipinski definition) is 4. The molecule has 0 amide bonds. The van der Waals surface area contributed by atoms with Crippen LogP contribution in [0.15, 0.2) is 64.0 Å². The van der Waals surface area contributed by atoms with Crippen LogP contribution in [0.5, 0.6) is 0 Å². The minimum absolute atomic E-state index is 0.0822. The molecule has 23 heavy (non-hydrogen) atoms. The molecule has 0 spiro atoms. The van der Waals surface area contributed by atoms with Gasteiger partial charge in [-0.15, -0.1) is 0 Å². The molecule has 1 aliphatic heterocycles. The fourth-order valence-electron chi connectivity index (χ4n) is 2.63. The van der Waals surface area contributed by atoms with Crippen LogP contribution in [0.3, 0.4) is 0 Å². The van der Waals surface area contributed by atoms with Crippen molar-refractivity contribution < 1.29 is 17.9 Å². The van der Waals surface area contributed by atoms with Crippen LogP contribution in [0.4, 0.5) is 0 Å². The highest BCUT2D eigenvalue weighted by atomic mass is 32.2. The SMILES string of the molecule is [C-]#[N+]C(C(=O)OC)=C1c2ccccc2S(=O)(=O)c2ccccc21. The second-order valence-electron chi connectivity index (χ2n) is 4.82. The predicted molar refractivity (Wildman–Crippen MR) is 83.0 cm³/mol. The highest BCUT2D eigenvalue weighted by Gasteiger charge is 2.34. The van der Waals surface area contributed by atoms with Gasteiger partial charge in [0, 0.05) is 5.57 Å². The molecule has 0 fully saturated rings. The molecule has 0 aromatic heterocycles. The third-order valence-electron chi connectivity index (χ3n) is 3.62. The molecule has 0 saturated heterocycles. The number of carbonyl (C=O) groups is 1. The van der Waals surface area contributed by atoms with Crippen LogP contribution in [-0.4, -0.2) is 21.5 Å². The molecule has 0 bridgehead atoms. The van der Waals surface area contributed by atoms with E-state index in [1.807, 2.05) is 0 Å². The van der Waals surface area contributed by atoms with Crippen molar-refractivity contribution in [1.82, 2.24) is 0 Å². The van der Waals surface area contributed by atoms with Gasteiger partial charge in [0.25, 0.3) is 5.70 Å². The average molecular weight is 325 g/mol. The fourth-order valence-corrected chi connectivity index (χ4v) is 4.31. The van der Waals surface area contributed by atoms with E-state index >= 15 is 0 Å². The Morgan fingerprint density at radius 2 is 1.48 bits per heavy atom. The number of esters is 1. The van der Waals surface area contributed by atoms with Crippen molar-refractivity contribution in [2.45, 2.75) is 9.79 Å². The van der Waals surface area contributed by atoms with Crippen LogP contribution < -0.4 is 0 Å². The number of ether oxygens (including phenoxy) is 1. The molecule has 0 atom stereocenters. The Hall–Kier alpha value is -2.91. The monoisotopic (exact) mass is 325 g/mol. The van der Waals surface area contributed by atoms with Gasteiger partial charge >= 0.3 is 5.97 Å². The highest BCUT2D eigenvalue weighted by Crippen LogP contribution is 2.42. The molecule has 0 N–H and O–H groups in total. The van der Waals surface area contributed by atoms with Gasteiger partial charge in [-0.25, -0.2) is 13.3 Å². The van der Waals surface area contributed by atoms with Crippen molar-refractivity contribution in [3.8, 4) is 0 Å². The van der Waals surface area contributed by atoms with Crippen molar-refractivity contribution in [3.63, 3.8) is 0 Å². The summed E-state index contributed by atoms with van der Waals surface area (Å²) in [5, 5.41) is 0. The molecular formula is C17H11NO4S. The quantitative estimate of drug-likeness (QED) is 0.392. The zero-order chi connectivity index (χ0) is 16.6. The van der Waals surface area contributed by atoms with Crippen molar-refractivity contribution in [3.05, 3.63) is 76.8 Å². The summed E-state index contributed by atoms with van der Waals surface area (Å²) in [5.41, 5.74) is 0.723. The second-order valence-corrected chi connectivity index (χ2v) is 6.71. The summed E-state index contributed by atoms with van der Waals surface area (Å²) in [5.74, 6) is -0.793. The standard InChI is InChI=1S/C17H11NO4S/c1-18-16(17(19)22-2)15-11-7-3-5-9-13(11)23(20,21)14-10-6-4-8-12(14)15/h3-10H,2H3. The summed E-state index contributed by atoms with van der Waals surface area (Å²) in [7, 11) is -2.51. The molecule has 0 aliphatic carbocycles. The van der Waals surface area contributed by atoms with Crippen molar-refractivity contribution >= 4 is 21.4 Å². The van der Waals surface area contributed by atoms with Crippen LogP contribution in [0.2, 0.25) is 0 Å². The van der Waals surface area contributed by atoms with Crippen molar-refractivity contribution in [2.75, 3.05) is 7.11 Å². The van der Waals surface area contributed by atoms with E-state index in [0.29, 0.717) is 11.1 Å². The molecular weight excluding hydrogens is 314 g/mol. The van der Waals surface area contributed by atoms with E-state index in [1.165, 1.54) is 19.2 Å². The Morgan fingerprint density at radius 3 is 1.91 bits per heavy atom. The van der Waals surface area contributed by atoms with Gasteiger partial charge in [0.2, 0.25) is 9.84 Å². The highest BCUT2D eigenvalue weighted by molar-refractivity contribution is 7.91. The first-order valence-corrected chi connectivity index (χ1v) is 8.14. The normalized spacial score (nSPS) is 14.2. The van der Waals surface area contributed by atoms with Gasteiger partial charge in [0.1, 0.15) is 0 Å². The minimum Gasteiger partial charge on any atom is -0.474 e. The molecule has 0 unspecified atom stereocenters. The number of rotatable bonds is 1. The van der Waals surface area contributed by atoms with E-state index in [-0.39, 0.29) is 21.1 Å². The predicted octanol–water partition coefficient (Wildman–Crippen LogP) is 2.68. The van der Waals surface area contributed by atoms with Crippen molar-refractivity contribution in [2.24, 2.45) is 0 Å². The van der Waals surface area contributed by atoms with Crippen LogP contribution in [-0.2, 0) is 19.4 Å². The summed E-state index contributed by atoms with van der Waals surface area (Å²) >= 11 is 0. The third-order valence-corrected chi connectivity index (χ3v) is 5.49. The Kier molecular flexibility index (Phi) is 3.51. The van der Waals surface area contributed by atoms with Gasteiger partial charge in [0.05, 0.1) is 23.5 Å². The Morgan fingerprint density at radius 1 is 1.00 bits per heavy atom. The van der Waals surface area contributed by atoms with Crippen molar-refractivity contribution in [1.29, 1.82) is 0 Å². The Balaban J connectivity index is 2.52. The van der Waals surface area contributed by atoms with Crippen LogP contribution in [0.1, 0.15) is 11.1 Å². The molecule has 3 rings (SSSR count). The lowest BCUT2D eigenvalue weighted by atomic mass is 9.95. The van der Waals surface area contributed by atoms with Gasteiger partial charge in [-0.3, -0.25) is 4.79 Å². The fraction of sp³-hybridized carbons (Fsp3) is 0.0588. The first-order chi connectivity index (χ1) is 11.0. The molecule has 5 nitrogen and oxygen atoms in total. The van der Waals surface area contributed by atoms with Gasteiger partial charge in [-0.2, -0.15) is 0 Å². The number of fused-ring (bicyclic) bond motifs is 2. The van der Waals surface area contributed by atoms with Crippen LogP contribution >= 0.6 is 0 Å². The average Bonchev–Trinajstić information content (AvgIpc) is 2.58. The van der Waals surface area contributed by atoms with E-state index in [0.717, 1.165) is 0 Å². The van der Waals surface area contributed by atoms with Crippen LogP contribution in [0, 0.1) is 6.57 Å². The van der Waals surface area contributed by atoms with Gasteiger partial charge in [0.15, 0.2) is 0 Å². The molecule has 2 aromatic rings. The maximum absolute atomic E-state index is 12.8. The number of benzene rings is 2. The lowest BCUT2D eigenvalue weighted by molar-refractivity contribution is -0.135. The lowest BCUT2D eigenvalue weighted by Gasteiger charge is -2.23. The summed E-state index contributed by atoms with van der Waals surface area (Å²) in [6.45, 7) is 7.33. The molecule has 1 aliphatic rings. The van der Waals surface area contributed by atoms with Gasteiger partial charge in [-0.05, 0) is 23.3 Å². The summed E-state index contributed by atoms with van der Waals surface area (Å²) in [6.07, 6.45) is 0. The number of methoxy groups -OCH3 is 1. The van der Waals surface area contributed by atoms with Gasteiger partial charge < -0.3 is 4.74 Å². The van der Waals surface area contributed by atoms with Gasteiger partial charge in [-0.1, -0.05) is 36.4 Å². The molecule has 2 aromatic carbocycles. The van der Waals surface area contributed by atoms with Crippen LogP contribution in [0.25, 0.3) is 10.4 Å². The topological polar surface area (TPSA) is 64.8 Å². The number of carbonyl (C=O) groups excluding carboxylic acids is 1. The van der Waals surface area contributed by atoms with E-state index in [9.17, 15) is 13.2 Å². The zero-order valence-corrected chi connectivity index (χ0v) is 12.9. The summed E-state index contributed by atoms with van der Waals surface area (Å²) in [6, 6.07) is 12.7. The largest absolute Gasteiger partial charge is 0.474 e. The smallest absolute Gasteiger partial charge is 0.336 e. The Bertz CT molecular complexity index is 942. The number of nitrogens with zero attached hydrogens (tertiary/aromatic N) is 1. The number of hydrogen-bond donors (Lipinski definition) is 0. The minimum atomic E-state index is -3.70. The zero-order valence-electron chi connectivity index (χ0n) is 12.1. The molecule has 114 valence electrons. The summed E-state index contributed by atoms with van der Waals surface area (Å²) < 4.78 is 30.2.